The minimum absolute atomic E-state index is 0.165. The van der Waals surface area contributed by atoms with Gasteiger partial charge in [-0.05, 0) is 61.6 Å². The number of hydrogen-bond acceptors (Lipinski definition) is 4. The quantitative estimate of drug-likeness (QED) is 0.567. The van der Waals surface area contributed by atoms with Gasteiger partial charge >= 0.3 is 13.1 Å². The molecule has 1 heterocycles. The minimum Gasteiger partial charge on any atom is -0.480 e. The second-order valence-electron chi connectivity index (χ2n) is 9.46. The molecule has 0 aliphatic carbocycles. The van der Waals surface area contributed by atoms with Crippen molar-refractivity contribution in [3.63, 3.8) is 0 Å². The average molecular weight is 445 g/mol. The molecule has 170 valence electrons. The summed E-state index contributed by atoms with van der Waals surface area (Å²) in [5.41, 5.74) is 1.22. The van der Waals surface area contributed by atoms with Crippen LogP contribution < -0.4 is 10.8 Å². The van der Waals surface area contributed by atoms with E-state index >= 15 is 0 Å². The van der Waals surface area contributed by atoms with Crippen LogP contribution in [0.1, 0.15) is 43.6 Å². The number of benzene rings is 3. The van der Waals surface area contributed by atoms with Gasteiger partial charge in [0.2, 0.25) is 0 Å². The van der Waals surface area contributed by atoms with Crippen molar-refractivity contribution in [1.82, 2.24) is 5.32 Å². The summed E-state index contributed by atoms with van der Waals surface area (Å²) < 4.78 is 12.1. The van der Waals surface area contributed by atoms with Crippen LogP contribution in [0.25, 0.3) is 10.8 Å². The monoisotopic (exact) mass is 445 g/mol. The number of fused-ring (bicyclic) bond motifs is 1. The predicted molar refractivity (Wildman–Crippen MR) is 129 cm³/mol. The van der Waals surface area contributed by atoms with Gasteiger partial charge in [0.25, 0.3) is 5.91 Å². The summed E-state index contributed by atoms with van der Waals surface area (Å²) in [6, 6.07) is 19.4. The fraction of sp³-hybridized carbons (Fsp3) is 0.308. The Morgan fingerprint density at radius 2 is 1.52 bits per heavy atom. The van der Waals surface area contributed by atoms with Gasteiger partial charge in [0.15, 0.2) is 0 Å². The van der Waals surface area contributed by atoms with E-state index in [4.69, 9.17) is 9.31 Å². The van der Waals surface area contributed by atoms with E-state index in [9.17, 15) is 14.7 Å². The summed E-state index contributed by atoms with van der Waals surface area (Å²) in [7, 11) is -0.480. The summed E-state index contributed by atoms with van der Waals surface area (Å²) in [5, 5.41) is 14.3. The van der Waals surface area contributed by atoms with Gasteiger partial charge in [-0.2, -0.15) is 0 Å². The van der Waals surface area contributed by atoms with E-state index in [-0.39, 0.29) is 6.42 Å². The van der Waals surface area contributed by atoms with Crippen LogP contribution in [0.2, 0.25) is 0 Å². The molecule has 3 aromatic rings. The van der Waals surface area contributed by atoms with Crippen molar-refractivity contribution in [2.24, 2.45) is 0 Å². The van der Waals surface area contributed by atoms with Crippen molar-refractivity contribution >= 4 is 35.2 Å². The lowest BCUT2D eigenvalue weighted by Gasteiger charge is -2.32. The maximum atomic E-state index is 12.7. The van der Waals surface area contributed by atoms with Crippen LogP contribution in [0.15, 0.2) is 66.7 Å². The van der Waals surface area contributed by atoms with E-state index in [1.807, 2.05) is 82.3 Å². The largest absolute Gasteiger partial charge is 0.494 e. The van der Waals surface area contributed by atoms with Crippen molar-refractivity contribution in [3.8, 4) is 0 Å². The van der Waals surface area contributed by atoms with E-state index in [1.165, 1.54) is 0 Å². The SMILES string of the molecule is CC1(C)OB(c2ccc(C[C@H](NC(=O)c3ccc4ccccc4c3)C(=O)O)cc2)OC1(C)C. The Morgan fingerprint density at radius 1 is 0.909 bits per heavy atom. The first-order valence-electron chi connectivity index (χ1n) is 11.0. The zero-order valence-electron chi connectivity index (χ0n) is 19.3. The maximum Gasteiger partial charge on any atom is 0.494 e. The van der Waals surface area contributed by atoms with Crippen molar-refractivity contribution in [2.75, 3.05) is 0 Å². The van der Waals surface area contributed by atoms with Gasteiger partial charge in [-0.25, -0.2) is 4.79 Å². The Labute approximate surface area is 194 Å². The highest BCUT2D eigenvalue weighted by Gasteiger charge is 2.51. The molecule has 0 unspecified atom stereocenters. The van der Waals surface area contributed by atoms with Crippen LogP contribution in [0.3, 0.4) is 0 Å². The van der Waals surface area contributed by atoms with E-state index in [1.54, 1.807) is 12.1 Å². The zero-order chi connectivity index (χ0) is 23.8. The predicted octanol–water partition coefficient (Wildman–Crippen LogP) is 3.56. The summed E-state index contributed by atoms with van der Waals surface area (Å²) in [6.45, 7) is 7.99. The Hall–Kier alpha value is -3.16. The highest BCUT2D eigenvalue weighted by Crippen LogP contribution is 2.36. The van der Waals surface area contributed by atoms with Crippen LogP contribution in [0, 0.1) is 0 Å². The molecule has 0 radical (unpaired) electrons. The zero-order valence-corrected chi connectivity index (χ0v) is 19.3. The third-order valence-electron chi connectivity index (χ3n) is 6.56. The van der Waals surface area contributed by atoms with Crippen LogP contribution >= 0.6 is 0 Å². The normalized spacial score (nSPS) is 17.6. The van der Waals surface area contributed by atoms with E-state index < -0.39 is 36.2 Å². The molecule has 0 bridgehead atoms. The lowest BCUT2D eigenvalue weighted by molar-refractivity contribution is -0.139. The molecule has 1 atom stereocenters. The molecule has 0 spiro atoms. The number of amides is 1. The molecule has 4 rings (SSSR count). The van der Waals surface area contributed by atoms with Crippen molar-refractivity contribution < 1.29 is 24.0 Å². The summed E-state index contributed by atoms with van der Waals surface area (Å²) >= 11 is 0. The topological polar surface area (TPSA) is 84.9 Å². The number of nitrogens with one attached hydrogen (secondary N) is 1. The van der Waals surface area contributed by atoms with Crippen LogP contribution in [-0.4, -0.2) is 41.3 Å². The smallest absolute Gasteiger partial charge is 0.480 e. The molecule has 0 aromatic heterocycles. The molecule has 1 saturated heterocycles. The molecule has 6 nitrogen and oxygen atoms in total. The summed E-state index contributed by atoms with van der Waals surface area (Å²) in [4.78, 5) is 24.6. The molecule has 1 aliphatic heterocycles. The average Bonchev–Trinajstić information content (AvgIpc) is 3.00. The van der Waals surface area contributed by atoms with Crippen LogP contribution in [0.4, 0.5) is 0 Å². The van der Waals surface area contributed by atoms with Crippen molar-refractivity contribution in [1.29, 1.82) is 0 Å². The number of hydrogen-bond donors (Lipinski definition) is 2. The van der Waals surface area contributed by atoms with Gasteiger partial charge in [0, 0.05) is 12.0 Å². The van der Waals surface area contributed by atoms with Gasteiger partial charge in [-0.15, -0.1) is 0 Å². The molecule has 1 fully saturated rings. The highest BCUT2D eigenvalue weighted by molar-refractivity contribution is 6.62. The number of carbonyl (C=O) groups is 2. The first-order valence-corrected chi connectivity index (χ1v) is 11.0. The second kappa shape index (κ2) is 8.65. The lowest BCUT2D eigenvalue weighted by Crippen LogP contribution is -2.42. The number of carboxylic acid groups (broad SMARTS) is 1. The molecule has 33 heavy (non-hydrogen) atoms. The molecule has 3 aromatic carbocycles. The third kappa shape index (κ3) is 4.79. The molecule has 1 aliphatic rings. The molecule has 7 heteroatoms. The number of carboxylic acids is 1. The maximum absolute atomic E-state index is 12.7. The molecule has 0 saturated carbocycles. The van der Waals surface area contributed by atoms with Gasteiger partial charge < -0.3 is 19.7 Å². The fourth-order valence-electron chi connectivity index (χ4n) is 3.80. The number of rotatable bonds is 6. The number of carbonyl (C=O) groups excluding carboxylic acids is 1. The molecular formula is C26H28BNO5. The van der Waals surface area contributed by atoms with Gasteiger partial charge in [-0.3, -0.25) is 4.79 Å². The van der Waals surface area contributed by atoms with Crippen LogP contribution in [0.5, 0.6) is 0 Å². The van der Waals surface area contributed by atoms with E-state index in [0.29, 0.717) is 5.56 Å². The Bertz CT molecular complexity index is 1170. The summed E-state index contributed by atoms with van der Waals surface area (Å²) in [5.74, 6) is -1.50. The summed E-state index contributed by atoms with van der Waals surface area (Å²) in [6.07, 6.45) is 0.165. The highest BCUT2D eigenvalue weighted by atomic mass is 16.7. The third-order valence-corrected chi connectivity index (χ3v) is 6.56. The van der Waals surface area contributed by atoms with Crippen LogP contribution in [-0.2, 0) is 20.5 Å². The standard InChI is InChI=1S/C26H28BNO5/c1-25(2)26(3,4)33-27(32-25)21-13-9-17(10-14-21)15-22(24(30)31)28-23(29)20-12-11-18-7-5-6-8-19(18)16-20/h5-14,16,22H,15H2,1-4H3,(H,28,29)(H,30,31)/t22-/m0/s1. The minimum atomic E-state index is -1.08. The molecule has 1 amide bonds. The Kier molecular flexibility index (Phi) is 6.03. The molecule has 2 N–H and O–H groups in total. The fourth-order valence-corrected chi connectivity index (χ4v) is 3.80. The first-order chi connectivity index (χ1) is 15.6. The van der Waals surface area contributed by atoms with E-state index in [2.05, 4.69) is 5.32 Å². The first kappa shape index (κ1) is 23.0. The van der Waals surface area contributed by atoms with Gasteiger partial charge in [-0.1, -0.05) is 54.6 Å². The number of aliphatic carboxylic acids is 1. The van der Waals surface area contributed by atoms with E-state index in [0.717, 1.165) is 21.8 Å². The van der Waals surface area contributed by atoms with Gasteiger partial charge in [0.05, 0.1) is 11.2 Å². The Morgan fingerprint density at radius 3 is 2.12 bits per heavy atom. The van der Waals surface area contributed by atoms with Crippen molar-refractivity contribution in [2.45, 2.75) is 51.4 Å². The molecular weight excluding hydrogens is 417 g/mol. The Balaban J connectivity index is 1.44. The van der Waals surface area contributed by atoms with Gasteiger partial charge in [0.1, 0.15) is 6.04 Å². The van der Waals surface area contributed by atoms with Crippen molar-refractivity contribution in [3.05, 3.63) is 77.9 Å². The second-order valence-corrected chi connectivity index (χ2v) is 9.46. The lowest BCUT2D eigenvalue weighted by atomic mass is 9.78.